The molecule has 1 aromatic rings. The third kappa shape index (κ3) is 4.20. The first-order chi connectivity index (χ1) is 7.52. The van der Waals surface area contributed by atoms with Crippen molar-refractivity contribution < 1.29 is 9.90 Å². The van der Waals surface area contributed by atoms with Crippen LogP contribution >= 0.6 is 11.8 Å². The molecule has 16 heavy (non-hydrogen) atoms. The van der Waals surface area contributed by atoms with Gasteiger partial charge >= 0.3 is 5.97 Å². The Labute approximate surface area is 99.3 Å². The van der Waals surface area contributed by atoms with E-state index in [0.29, 0.717) is 6.42 Å². The summed E-state index contributed by atoms with van der Waals surface area (Å²) in [6.07, 6.45) is 4.76. The second-order valence-corrected chi connectivity index (χ2v) is 5.03. The van der Waals surface area contributed by atoms with E-state index >= 15 is 0 Å². The predicted octanol–water partition coefficient (Wildman–Crippen LogP) is 1.76. The smallest absolute Gasteiger partial charge is 0.323 e. The molecule has 0 spiro atoms. The number of thioether (sulfide) groups is 1. The van der Waals surface area contributed by atoms with E-state index in [4.69, 9.17) is 10.8 Å². The van der Waals surface area contributed by atoms with Crippen LogP contribution in [0.5, 0.6) is 0 Å². The average Bonchev–Trinajstić information content (AvgIpc) is 2.26. The Morgan fingerprint density at radius 1 is 1.56 bits per heavy atom. The fourth-order valence-electron chi connectivity index (χ4n) is 1.17. The van der Waals surface area contributed by atoms with Gasteiger partial charge in [0.1, 0.15) is 5.54 Å². The first kappa shape index (κ1) is 13.0. The van der Waals surface area contributed by atoms with Crippen molar-refractivity contribution in [3.63, 3.8) is 0 Å². The second-order valence-electron chi connectivity index (χ2n) is 3.86. The number of nitrogens with two attached hydrogens (primary N) is 1. The first-order valence-electron chi connectivity index (χ1n) is 5.07. The SMILES string of the molecule is CC(N)(CCCSc1ccncc1)C(=O)O. The van der Waals surface area contributed by atoms with Crippen LogP contribution in [0, 0.1) is 0 Å². The zero-order valence-electron chi connectivity index (χ0n) is 9.22. The monoisotopic (exact) mass is 240 g/mol. The molecule has 1 atom stereocenters. The van der Waals surface area contributed by atoms with E-state index in [1.807, 2.05) is 12.1 Å². The summed E-state index contributed by atoms with van der Waals surface area (Å²) in [6, 6.07) is 3.87. The van der Waals surface area contributed by atoms with E-state index in [2.05, 4.69) is 4.98 Å². The predicted molar refractivity (Wildman–Crippen MR) is 64.4 cm³/mol. The number of pyridine rings is 1. The van der Waals surface area contributed by atoms with Crippen LogP contribution < -0.4 is 5.73 Å². The minimum absolute atomic E-state index is 0.487. The van der Waals surface area contributed by atoms with E-state index in [1.54, 1.807) is 31.1 Å². The Morgan fingerprint density at radius 2 is 2.19 bits per heavy atom. The molecule has 5 heteroatoms. The van der Waals surface area contributed by atoms with Crippen molar-refractivity contribution in [1.29, 1.82) is 0 Å². The third-order valence-electron chi connectivity index (χ3n) is 2.25. The molecule has 88 valence electrons. The van der Waals surface area contributed by atoms with Crippen LogP contribution in [0.25, 0.3) is 0 Å². The number of nitrogens with zero attached hydrogens (tertiary/aromatic N) is 1. The van der Waals surface area contributed by atoms with E-state index in [9.17, 15) is 4.79 Å². The van der Waals surface area contributed by atoms with Crippen molar-refractivity contribution in [2.24, 2.45) is 5.73 Å². The van der Waals surface area contributed by atoms with Gasteiger partial charge in [0.05, 0.1) is 0 Å². The van der Waals surface area contributed by atoms with Crippen LogP contribution in [0.4, 0.5) is 0 Å². The number of rotatable bonds is 6. The van der Waals surface area contributed by atoms with E-state index < -0.39 is 11.5 Å². The average molecular weight is 240 g/mol. The molecule has 0 aromatic carbocycles. The van der Waals surface area contributed by atoms with E-state index in [-0.39, 0.29) is 0 Å². The highest BCUT2D eigenvalue weighted by atomic mass is 32.2. The Hall–Kier alpha value is -1.07. The van der Waals surface area contributed by atoms with Crippen molar-refractivity contribution in [3.8, 4) is 0 Å². The maximum absolute atomic E-state index is 10.7. The lowest BCUT2D eigenvalue weighted by atomic mass is 9.98. The number of aliphatic carboxylic acids is 1. The Kier molecular flexibility index (Phi) is 4.76. The van der Waals surface area contributed by atoms with Gasteiger partial charge in [-0.25, -0.2) is 0 Å². The molecule has 0 radical (unpaired) electrons. The van der Waals surface area contributed by atoms with Crippen molar-refractivity contribution in [1.82, 2.24) is 4.98 Å². The normalized spacial score (nSPS) is 14.4. The van der Waals surface area contributed by atoms with Crippen LogP contribution in [0.1, 0.15) is 19.8 Å². The molecule has 0 fully saturated rings. The highest BCUT2D eigenvalue weighted by molar-refractivity contribution is 7.99. The summed E-state index contributed by atoms with van der Waals surface area (Å²) in [7, 11) is 0. The van der Waals surface area contributed by atoms with Crippen molar-refractivity contribution >= 4 is 17.7 Å². The summed E-state index contributed by atoms with van der Waals surface area (Å²) < 4.78 is 0. The van der Waals surface area contributed by atoms with Gasteiger partial charge in [0, 0.05) is 17.3 Å². The molecule has 1 heterocycles. The van der Waals surface area contributed by atoms with Crippen LogP contribution in [0.3, 0.4) is 0 Å². The fourth-order valence-corrected chi connectivity index (χ4v) is 2.01. The van der Waals surface area contributed by atoms with Crippen LogP contribution in [-0.4, -0.2) is 27.4 Å². The molecular weight excluding hydrogens is 224 g/mol. The Morgan fingerprint density at radius 3 is 2.75 bits per heavy atom. The molecule has 0 aliphatic heterocycles. The molecule has 1 unspecified atom stereocenters. The van der Waals surface area contributed by atoms with E-state index in [0.717, 1.165) is 17.1 Å². The van der Waals surface area contributed by atoms with Crippen molar-refractivity contribution in [3.05, 3.63) is 24.5 Å². The number of carboxylic acid groups (broad SMARTS) is 1. The maximum atomic E-state index is 10.7. The number of hydrogen-bond acceptors (Lipinski definition) is 4. The topological polar surface area (TPSA) is 76.2 Å². The zero-order valence-corrected chi connectivity index (χ0v) is 10.0. The van der Waals surface area contributed by atoms with Gasteiger partial charge in [0.15, 0.2) is 0 Å². The fraction of sp³-hybridized carbons (Fsp3) is 0.455. The molecule has 1 aromatic heterocycles. The number of aromatic nitrogens is 1. The van der Waals surface area contributed by atoms with Crippen molar-refractivity contribution in [2.45, 2.75) is 30.2 Å². The highest BCUT2D eigenvalue weighted by Crippen LogP contribution is 2.19. The van der Waals surface area contributed by atoms with Crippen LogP contribution in [0.15, 0.2) is 29.4 Å². The molecule has 1 rings (SSSR count). The van der Waals surface area contributed by atoms with Gasteiger partial charge in [-0.05, 0) is 37.7 Å². The summed E-state index contributed by atoms with van der Waals surface area (Å²) in [5, 5.41) is 8.82. The number of hydrogen-bond donors (Lipinski definition) is 2. The molecule has 0 amide bonds. The molecular formula is C11H16N2O2S. The summed E-state index contributed by atoms with van der Waals surface area (Å²) in [4.78, 5) is 15.8. The van der Waals surface area contributed by atoms with Gasteiger partial charge in [-0.3, -0.25) is 9.78 Å². The molecule has 0 aliphatic carbocycles. The quantitative estimate of drug-likeness (QED) is 0.585. The maximum Gasteiger partial charge on any atom is 0.323 e. The van der Waals surface area contributed by atoms with Gasteiger partial charge in [-0.2, -0.15) is 0 Å². The zero-order chi connectivity index (χ0) is 12.0. The van der Waals surface area contributed by atoms with Gasteiger partial charge in [0.25, 0.3) is 0 Å². The van der Waals surface area contributed by atoms with E-state index in [1.165, 1.54) is 0 Å². The summed E-state index contributed by atoms with van der Waals surface area (Å²) >= 11 is 1.68. The van der Waals surface area contributed by atoms with Gasteiger partial charge in [-0.15, -0.1) is 11.8 Å². The molecule has 0 saturated heterocycles. The third-order valence-corrected chi connectivity index (χ3v) is 3.35. The summed E-state index contributed by atoms with van der Waals surface area (Å²) in [5.74, 6) is -0.0780. The molecule has 0 aliphatic rings. The minimum atomic E-state index is -1.11. The second kappa shape index (κ2) is 5.86. The summed E-state index contributed by atoms with van der Waals surface area (Å²) in [5.41, 5.74) is 4.51. The van der Waals surface area contributed by atoms with Crippen molar-refractivity contribution in [2.75, 3.05) is 5.75 Å². The number of carboxylic acids is 1. The summed E-state index contributed by atoms with van der Waals surface area (Å²) in [6.45, 7) is 1.55. The lowest BCUT2D eigenvalue weighted by Gasteiger charge is -2.18. The first-order valence-corrected chi connectivity index (χ1v) is 6.06. The Balaban J connectivity index is 2.25. The number of carbonyl (C=O) groups is 1. The molecule has 0 saturated carbocycles. The van der Waals surface area contributed by atoms with Gasteiger partial charge < -0.3 is 10.8 Å². The van der Waals surface area contributed by atoms with Gasteiger partial charge in [0.2, 0.25) is 0 Å². The standard InChI is InChI=1S/C11H16N2O2S/c1-11(12,10(14)15)5-2-8-16-9-3-6-13-7-4-9/h3-4,6-7H,2,5,8,12H2,1H3,(H,14,15). The molecule has 4 nitrogen and oxygen atoms in total. The highest BCUT2D eigenvalue weighted by Gasteiger charge is 2.26. The van der Waals surface area contributed by atoms with Crippen LogP contribution in [0.2, 0.25) is 0 Å². The molecule has 0 bridgehead atoms. The Bertz CT molecular complexity index is 341. The molecule has 3 N–H and O–H groups in total. The largest absolute Gasteiger partial charge is 0.480 e. The minimum Gasteiger partial charge on any atom is -0.480 e. The van der Waals surface area contributed by atoms with Crippen LogP contribution in [-0.2, 0) is 4.79 Å². The van der Waals surface area contributed by atoms with Gasteiger partial charge in [-0.1, -0.05) is 0 Å². The lowest BCUT2D eigenvalue weighted by Crippen LogP contribution is -2.44. The lowest BCUT2D eigenvalue weighted by molar-refractivity contribution is -0.142.